The van der Waals surface area contributed by atoms with Gasteiger partial charge < -0.3 is 14.4 Å². The van der Waals surface area contributed by atoms with Crippen molar-refractivity contribution in [3.05, 3.63) is 70.9 Å². The Morgan fingerprint density at radius 2 is 2.07 bits per heavy atom. The third-order valence-electron chi connectivity index (χ3n) is 3.98. The highest BCUT2D eigenvalue weighted by atomic mass is 32.1. The maximum absolute atomic E-state index is 12.9. The number of hydrogen-bond donors (Lipinski definition) is 0. The second-order valence-electron chi connectivity index (χ2n) is 5.80. The highest BCUT2D eigenvalue weighted by Gasteiger charge is 2.19. The molecular formula is C20H17N3O3S. The van der Waals surface area contributed by atoms with Gasteiger partial charge >= 0.3 is 0 Å². The fraction of sp³-hybridized carbons (Fsp3) is 0.150. The van der Waals surface area contributed by atoms with Crippen LogP contribution in [-0.2, 0) is 11.3 Å². The Kier molecular flexibility index (Phi) is 5.11. The zero-order chi connectivity index (χ0) is 18.5. The van der Waals surface area contributed by atoms with E-state index in [9.17, 15) is 4.79 Å². The quantitative estimate of drug-likeness (QED) is 0.634. The molecule has 0 fully saturated rings. The van der Waals surface area contributed by atoms with E-state index in [4.69, 9.17) is 9.47 Å². The molecule has 1 aliphatic heterocycles. The van der Waals surface area contributed by atoms with Crippen molar-refractivity contribution in [1.82, 2.24) is 9.97 Å². The highest BCUT2D eigenvalue weighted by molar-refractivity contribution is 7.09. The normalized spacial score (nSPS) is 12.9. The number of benzene rings is 1. The minimum absolute atomic E-state index is 0.147. The zero-order valence-corrected chi connectivity index (χ0v) is 15.3. The van der Waals surface area contributed by atoms with Crippen LogP contribution in [0.2, 0.25) is 0 Å². The van der Waals surface area contributed by atoms with Crippen molar-refractivity contribution < 1.29 is 14.3 Å². The van der Waals surface area contributed by atoms with E-state index < -0.39 is 0 Å². The SMILES string of the molecule is O=C(C=Cc1cnccn1)N(Cc1cccs1)c1ccc2c(c1)OCCO2. The van der Waals surface area contributed by atoms with Gasteiger partial charge in [-0.2, -0.15) is 0 Å². The molecular weight excluding hydrogens is 362 g/mol. The smallest absolute Gasteiger partial charge is 0.251 e. The number of fused-ring (bicyclic) bond motifs is 1. The van der Waals surface area contributed by atoms with Crippen molar-refractivity contribution in [3.8, 4) is 11.5 Å². The molecule has 0 saturated carbocycles. The first kappa shape index (κ1) is 17.2. The molecule has 1 aliphatic rings. The van der Waals surface area contributed by atoms with Crippen LogP contribution in [-0.4, -0.2) is 29.1 Å². The van der Waals surface area contributed by atoms with Gasteiger partial charge in [0, 0.05) is 35.1 Å². The lowest BCUT2D eigenvalue weighted by atomic mass is 10.2. The second kappa shape index (κ2) is 8.01. The van der Waals surface area contributed by atoms with E-state index in [0.717, 1.165) is 10.6 Å². The Labute approximate surface area is 160 Å². The number of aromatic nitrogens is 2. The summed E-state index contributed by atoms with van der Waals surface area (Å²) in [6, 6.07) is 9.54. The molecule has 1 amide bonds. The fourth-order valence-electron chi connectivity index (χ4n) is 2.70. The Balaban J connectivity index is 1.62. The first-order valence-corrected chi connectivity index (χ1v) is 9.35. The largest absolute Gasteiger partial charge is 0.486 e. The predicted molar refractivity (Wildman–Crippen MR) is 104 cm³/mol. The third-order valence-corrected chi connectivity index (χ3v) is 4.84. The molecule has 4 rings (SSSR count). The van der Waals surface area contributed by atoms with E-state index in [-0.39, 0.29) is 5.91 Å². The van der Waals surface area contributed by atoms with E-state index in [1.54, 1.807) is 40.9 Å². The summed E-state index contributed by atoms with van der Waals surface area (Å²) in [4.78, 5) is 23.9. The van der Waals surface area contributed by atoms with Gasteiger partial charge in [0.15, 0.2) is 11.5 Å². The van der Waals surface area contributed by atoms with E-state index in [1.165, 1.54) is 6.08 Å². The molecule has 7 heteroatoms. The summed E-state index contributed by atoms with van der Waals surface area (Å²) in [6.45, 7) is 1.51. The van der Waals surface area contributed by atoms with Crippen molar-refractivity contribution in [2.24, 2.45) is 0 Å². The van der Waals surface area contributed by atoms with Crippen molar-refractivity contribution in [1.29, 1.82) is 0 Å². The Morgan fingerprint density at radius 1 is 1.19 bits per heavy atom. The number of carbonyl (C=O) groups excluding carboxylic acids is 1. The minimum atomic E-state index is -0.147. The van der Waals surface area contributed by atoms with Crippen molar-refractivity contribution >= 4 is 29.0 Å². The van der Waals surface area contributed by atoms with Crippen LogP contribution in [0, 0.1) is 0 Å². The summed E-state index contributed by atoms with van der Waals surface area (Å²) in [5.74, 6) is 1.20. The van der Waals surface area contributed by atoms with Crippen LogP contribution in [0.1, 0.15) is 10.6 Å². The van der Waals surface area contributed by atoms with Crippen LogP contribution in [0.5, 0.6) is 11.5 Å². The number of thiophene rings is 1. The van der Waals surface area contributed by atoms with Crippen molar-refractivity contribution in [2.75, 3.05) is 18.1 Å². The lowest BCUT2D eigenvalue weighted by Crippen LogP contribution is -2.28. The van der Waals surface area contributed by atoms with Crippen molar-refractivity contribution in [3.63, 3.8) is 0 Å². The number of ether oxygens (including phenoxy) is 2. The Bertz CT molecular complexity index is 942. The molecule has 0 unspecified atom stereocenters. The van der Waals surface area contributed by atoms with E-state index in [2.05, 4.69) is 9.97 Å². The highest BCUT2D eigenvalue weighted by Crippen LogP contribution is 2.34. The van der Waals surface area contributed by atoms with Gasteiger partial charge in [-0.3, -0.25) is 14.8 Å². The van der Waals surface area contributed by atoms with E-state index in [0.29, 0.717) is 37.0 Å². The van der Waals surface area contributed by atoms with Gasteiger partial charge in [-0.15, -0.1) is 11.3 Å². The molecule has 0 spiro atoms. The van der Waals surface area contributed by atoms with Gasteiger partial charge in [-0.05, 0) is 29.7 Å². The molecule has 1 aromatic carbocycles. The number of anilines is 1. The average molecular weight is 379 g/mol. The molecule has 0 radical (unpaired) electrons. The van der Waals surface area contributed by atoms with Gasteiger partial charge in [0.25, 0.3) is 5.91 Å². The molecule has 0 aliphatic carbocycles. The summed E-state index contributed by atoms with van der Waals surface area (Å²) in [7, 11) is 0. The number of carbonyl (C=O) groups is 1. The molecule has 3 heterocycles. The minimum Gasteiger partial charge on any atom is -0.486 e. The number of nitrogens with zero attached hydrogens (tertiary/aromatic N) is 3. The maximum atomic E-state index is 12.9. The van der Waals surface area contributed by atoms with Crippen LogP contribution < -0.4 is 14.4 Å². The lowest BCUT2D eigenvalue weighted by Gasteiger charge is -2.24. The van der Waals surface area contributed by atoms with Gasteiger partial charge in [0.1, 0.15) is 13.2 Å². The van der Waals surface area contributed by atoms with Crippen LogP contribution >= 0.6 is 11.3 Å². The molecule has 0 saturated heterocycles. The average Bonchev–Trinajstić information content (AvgIpc) is 3.24. The van der Waals surface area contributed by atoms with E-state index >= 15 is 0 Å². The first-order valence-electron chi connectivity index (χ1n) is 8.47. The predicted octanol–water partition coefficient (Wildman–Crippen LogP) is 3.56. The monoisotopic (exact) mass is 379 g/mol. The number of hydrogen-bond acceptors (Lipinski definition) is 6. The van der Waals surface area contributed by atoms with Gasteiger partial charge in [0.05, 0.1) is 18.4 Å². The van der Waals surface area contributed by atoms with Crippen LogP contribution in [0.4, 0.5) is 5.69 Å². The molecule has 6 nitrogen and oxygen atoms in total. The zero-order valence-electron chi connectivity index (χ0n) is 14.4. The number of amides is 1. The molecule has 0 atom stereocenters. The Hall–Kier alpha value is -3.19. The molecule has 136 valence electrons. The van der Waals surface area contributed by atoms with Crippen LogP contribution in [0.3, 0.4) is 0 Å². The fourth-order valence-corrected chi connectivity index (χ4v) is 3.39. The molecule has 0 bridgehead atoms. The van der Waals surface area contributed by atoms with Crippen molar-refractivity contribution in [2.45, 2.75) is 6.54 Å². The summed E-state index contributed by atoms with van der Waals surface area (Å²) in [6.07, 6.45) is 7.96. The maximum Gasteiger partial charge on any atom is 0.251 e. The summed E-state index contributed by atoms with van der Waals surface area (Å²) in [5, 5.41) is 2.00. The number of rotatable bonds is 5. The summed E-state index contributed by atoms with van der Waals surface area (Å²) >= 11 is 1.61. The second-order valence-corrected chi connectivity index (χ2v) is 6.83. The summed E-state index contributed by atoms with van der Waals surface area (Å²) in [5.41, 5.74) is 1.38. The standard InChI is InChI=1S/C20H17N3O3S/c24-20(6-3-15-13-21-7-8-22-15)23(14-17-2-1-11-27-17)16-4-5-18-19(12-16)26-10-9-25-18/h1-8,11-13H,9-10,14H2. The van der Waals surface area contributed by atoms with Gasteiger partial charge in [0.2, 0.25) is 0 Å². The van der Waals surface area contributed by atoms with Crippen LogP contribution in [0.15, 0.2) is 60.4 Å². The lowest BCUT2D eigenvalue weighted by molar-refractivity contribution is -0.114. The first-order chi connectivity index (χ1) is 13.3. The summed E-state index contributed by atoms with van der Waals surface area (Å²) < 4.78 is 11.2. The molecule has 0 N–H and O–H groups in total. The van der Waals surface area contributed by atoms with Crippen LogP contribution in [0.25, 0.3) is 6.08 Å². The topological polar surface area (TPSA) is 64.6 Å². The molecule has 27 heavy (non-hydrogen) atoms. The third kappa shape index (κ3) is 4.15. The Morgan fingerprint density at radius 3 is 2.85 bits per heavy atom. The molecule has 3 aromatic rings. The van der Waals surface area contributed by atoms with Gasteiger partial charge in [-0.1, -0.05) is 6.07 Å². The molecule has 2 aromatic heterocycles. The van der Waals surface area contributed by atoms with Gasteiger partial charge in [-0.25, -0.2) is 0 Å². The van der Waals surface area contributed by atoms with E-state index in [1.807, 2.05) is 35.7 Å².